The second-order valence-electron chi connectivity index (χ2n) is 8.41. The number of benzene rings is 1. The van der Waals surface area contributed by atoms with Crippen molar-refractivity contribution in [1.82, 2.24) is 14.9 Å². The lowest BCUT2D eigenvalue weighted by Gasteiger charge is -2.26. The lowest BCUT2D eigenvalue weighted by Crippen LogP contribution is -2.30. The van der Waals surface area contributed by atoms with Gasteiger partial charge in [0, 0.05) is 30.8 Å². The molecule has 0 spiro atoms. The van der Waals surface area contributed by atoms with Crippen LogP contribution in [0.2, 0.25) is 0 Å². The number of nitrogens with two attached hydrogens (primary N) is 1. The molecule has 1 aromatic heterocycles. The third-order valence-electron chi connectivity index (χ3n) is 6.06. The van der Waals surface area contributed by atoms with Crippen molar-refractivity contribution >= 4 is 23.6 Å². The Kier molecular flexibility index (Phi) is 7.37. The molecule has 9 heteroatoms. The lowest BCUT2D eigenvalue weighted by atomic mass is 10.0. The number of carbonyl (C=O) groups excluding carboxylic acids is 2. The van der Waals surface area contributed by atoms with Crippen LogP contribution in [0, 0.1) is 13.8 Å². The van der Waals surface area contributed by atoms with Crippen molar-refractivity contribution in [2.75, 3.05) is 25.5 Å². The van der Waals surface area contributed by atoms with Crippen LogP contribution >= 0.6 is 11.8 Å². The summed E-state index contributed by atoms with van der Waals surface area (Å²) in [6.45, 7) is 5.89. The Morgan fingerprint density at radius 3 is 2.58 bits per heavy atom. The Bertz CT molecular complexity index is 1020. The van der Waals surface area contributed by atoms with E-state index >= 15 is 0 Å². The predicted octanol–water partition coefficient (Wildman–Crippen LogP) is 3.13. The molecule has 0 saturated carbocycles. The van der Waals surface area contributed by atoms with Gasteiger partial charge in [-0.25, -0.2) is 9.97 Å². The van der Waals surface area contributed by atoms with Crippen LogP contribution in [0.1, 0.15) is 54.2 Å². The summed E-state index contributed by atoms with van der Waals surface area (Å²) in [6.07, 6.45) is 3.78. The van der Waals surface area contributed by atoms with Crippen molar-refractivity contribution in [1.29, 1.82) is 0 Å². The summed E-state index contributed by atoms with van der Waals surface area (Å²) >= 11 is 1.23. The maximum Gasteiger partial charge on any atom is 0.227 e. The molecule has 8 nitrogen and oxygen atoms in total. The van der Waals surface area contributed by atoms with Gasteiger partial charge in [0.25, 0.3) is 0 Å². The highest BCUT2D eigenvalue weighted by Crippen LogP contribution is 2.38. The van der Waals surface area contributed by atoms with Gasteiger partial charge in [0.05, 0.1) is 25.0 Å². The van der Waals surface area contributed by atoms with Gasteiger partial charge in [0.15, 0.2) is 16.7 Å². The van der Waals surface area contributed by atoms with Gasteiger partial charge in [0.1, 0.15) is 0 Å². The van der Waals surface area contributed by atoms with Crippen molar-refractivity contribution in [2.24, 2.45) is 5.73 Å². The number of aromatic nitrogens is 2. The minimum Gasteiger partial charge on any atom is -0.490 e. The molecule has 1 unspecified atom stereocenters. The van der Waals surface area contributed by atoms with Crippen LogP contribution in [0.3, 0.4) is 0 Å². The molecule has 0 aliphatic carbocycles. The van der Waals surface area contributed by atoms with Crippen molar-refractivity contribution in [3.63, 3.8) is 0 Å². The fraction of sp³-hybridized carbons (Fsp3) is 0.500. The first-order chi connectivity index (χ1) is 15.9. The van der Waals surface area contributed by atoms with E-state index in [1.165, 1.54) is 11.8 Å². The average Bonchev–Trinajstić information content (AvgIpc) is 3.16. The molecule has 0 radical (unpaired) electrons. The highest BCUT2D eigenvalue weighted by Gasteiger charge is 2.30. The Morgan fingerprint density at radius 1 is 1.12 bits per heavy atom. The molecule has 1 saturated heterocycles. The monoisotopic (exact) mass is 470 g/mol. The van der Waals surface area contributed by atoms with Gasteiger partial charge >= 0.3 is 0 Å². The first-order valence-corrected chi connectivity index (χ1v) is 12.3. The van der Waals surface area contributed by atoms with E-state index in [2.05, 4.69) is 9.97 Å². The second-order valence-corrected chi connectivity index (χ2v) is 9.35. The highest BCUT2D eigenvalue weighted by atomic mass is 32.2. The SMILES string of the molecule is Cc1nc(SCC(N)=O)nc(C)c1CCC(=O)N1CCCC1c1ccc2c(c1)OCCCO2. The quantitative estimate of drug-likeness (QED) is 0.489. The van der Waals surface area contributed by atoms with Crippen molar-refractivity contribution in [2.45, 2.75) is 57.1 Å². The zero-order valence-corrected chi connectivity index (χ0v) is 20.0. The average molecular weight is 471 g/mol. The lowest BCUT2D eigenvalue weighted by molar-refractivity contribution is -0.132. The van der Waals surface area contributed by atoms with Crippen LogP contribution in [0.25, 0.3) is 0 Å². The molecule has 1 fully saturated rings. The second kappa shape index (κ2) is 10.4. The van der Waals surface area contributed by atoms with Crippen molar-refractivity contribution in [3.8, 4) is 11.5 Å². The number of ether oxygens (including phenoxy) is 2. The molecule has 2 aromatic rings. The fourth-order valence-corrected chi connectivity index (χ4v) is 5.12. The number of amides is 2. The van der Waals surface area contributed by atoms with Crippen LogP contribution in [0.15, 0.2) is 23.4 Å². The Balaban J connectivity index is 1.42. The van der Waals surface area contributed by atoms with E-state index < -0.39 is 5.91 Å². The largest absolute Gasteiger partial charge is 0.490 e. The normalized spacial score (nSPS) is 17.6. The van der Waals surface area contributed by atoms with Crippen LogP contribution in [-0.2, 0) is 16.0 Å². The minimum atomic E-state index is -0.401. The van der Waals surface area contributed by atoms with Crippen molar-refractivity contribution in [3.05, 3.63) is 40.7 Å². The van der Waals surface area contributed by atoms with E-state index in [9.17, 15) is 9.59 Å². The number of thioether (sulfide) groups is 1. The maximum atomic E-state index is 13.2. The summed E-state index contributed by atoms with van der Waals surface area (Å²) in [4.78, 5) is 35.2. The molecular weight excluding hydrogens is 440 g/mol. The summed E-state index contributed by atoms with van der Waals surface area (Å²) in [5, 5.41) is 0.535. The number of fused-ring (bicyclic) bond motifs is 1. The highest BCUT2D eigenvalue weighted by molar-refractivity contribution is 7.99. The number of aryl methyl sites for hydroxylation is 2. The fourth-order valence-electron chi connectivity index (χ4n) is 4.45. The molecule has 2 aliphatic rings. The zero-order valence-electron chi connectivity index (χ0n) is 19.1. The summed E-state index contributed by atoms with van der Waals surface area (Å²) in [6, 6.07) is 6.09. The molecule has 176 valence electrons. The first kappa shape index (κ1) is 23.4. The zero-order chi connectivity index (χ0) is 23.4. The number of nitrogens with zero attached hydrogens (tertiary/aromatic N) is 3. The third kappa shape index (κ3) is 5.58. The van der Waals surface area contributed by atoms with Crippen molar-refractivity contribution < 1.29 is 19.1 Å². The standard InChI is InChI=1S/C24H30N4O4S/c1-15-18(16(2)27-24(26-15)33-14-22(25)29)7-9-23(30)28-10-3-5-19(28)17-6-8-20-21(13-17)32-12-4-11-31-20/h6,8,13,19H,3-5,7,9-12,14H2,1-2H3,(H2,25,29). The van der Waals surface area contributed by atoms with Gasteiger partial charge in [-0.15, -0.1) is 0 Å². The number of likely N-dealkylation sites (tertiary alicyclic amines) is 1. The summed E-state index contributed by atoms with van der Waals surface area (Å²) < 4.78 is 11.6. The smallest absolute Gasteiger partial charge is 0.227 e. The van der Waals surface area contributed by atoms with Gasteiger partial charge in [-0.1, -0.05) is 17.8 Å². The van der Waals surface area contributed by atoms with Crippen LogP contribution < -0.4 is 15.2 Å². The predicted molar refractivity (Wildman–Crippen MR) is 125 cm³/mol. The Morgan fingerprint density at radius 2 is 1.85 bits per heavy atom. The number of primary amides is 1. The maximum absolute atomic E-state index is 13.2. The van der Waals surface area contributed by atoms with E-state index in [0.29, 0.717) is 31.2 Å². The number of hydrogen-bond acceptors (Lipinski definition) is 7. The van der Waals surface area contributed by atoms with E-state index in [0.717, 1.165) is 59.8 Å². The molecule has 2 amide bonds. The molecule has 1 atom stereocenters. The van der Waals surface area contributed by atoms with E-state index in [-0.39, 0.29) is 17.7 Å². The third-order valence-corrected chi connectivity index (χ3v) is 6.93. The van der Waals surface area contributed by atoms with Gasteiger partial charge in [-0.3, -0.25) is 9.59 Å². The van der Waals surface area contributed by atoms with Gasteiger partial charge in [-0.05, 0) is 56.4 Å². The van der Waals surface area contributed by atoms with Crippen LogP contribution in [0.4, 0.5) is 0 Å². The molecule has 33 heavy (non-hydrogen) atoms. The van der Waals surface area contributed by atoms with Gasteiger partial charge in [0.2, 0.25) is 11.8 Å². The van der Waals surface area contributed by atoms with E-state index in [1.807, 2.05) is 36.9 Å². The summed E-state index contributed by atoms with van der Waals surface area (Å²) in [7, 11) is 0. The Labute approximate surface area is 198 Å². The molecule has 2 N–H and O–H groups in total. The Hall–Kier alpha value is -2.81. The molecule has 4 rings (SSSR count). The van der Waals surface area contributed by atoms with Gasteiger partial charge in [-0.2, -0.15) is 0 Å². The summed E-state index contributed by atoms with van der Waals surface area (Å²) in [5.74, 6) is 1.42. The first-order valence-electron chi connectivity index (χ1n) is 11.4. The molecular formula is C24H30N4O4S. The van der Waals surface area contributed by atoms with Gasteiger partial charge < -0.3 is 20.1 Å². The number of carbonyl (C=O) groups is 2. The van der Waals surface area contributed by atoms with E-state index in [1.54, 1.807) is 0 Å². The molecule has 0 bridgehead atoms. The number of hydrogen-bond donors (Lipinski definition) is 1. The summed E-state index contributed by atoms with van der Waals surface area (Å²) in [5.41, 5.74) is 8.96. The topological polar surface area (TPSA) is 108 Å². The molecule has 1 aromatic carbocycles. The minimum absolute atomic E-state index is 0.0562. The molecule has 2 aliphatic heterocycles. The molecule has 3 heterocycles. The van der Waals surface area contributed by atoms with Crippen LogP contribution in [0.5, 0.6) is 11.5 Å². The van der Waals surface area contributed by atoms with E-state index in [4.69, 9.17) is 15.2 Å². The van der Waals surface area contributed by atoms with Crippen LogP contribution in [-0.4, -0.2) is 52.2 Å². The number of rotatable bonds is 7.